The fourth-order valence-electron chi connectivity index (χ4n) is 1.50. The van der Waals surface area contributed by atoms with Crippen LogP contribution in [-0.4, -0.2) is 29.1 Å². The van der Waals surface area contributed by atoms with Crippen LogP contribution in [0, 0.1) is 6.92 Å². The maximum absolute atomic E-state index is 11.5. The molecule has 0 aliphatic heterocycles. The predicted octanol–water partition coefficient (Wildman–Crippen LogP) is 2.18. The average Bonchev–Trinajstić information content (AvgIpc) is 2.98. The van der Waals surface area contributed by atoms with Crippen molar-refractivity contribution in [2.45, 2.75) is 32.4 Å². The Bertz CT molecular complexity index is 360. The third-order valence-electron chi connectivity index (χ3n) is 2.40. The van der Waals surface area contributed by atoms with E-state index in [1.165, 1.54) is 7.11 Å². The number of nitrogens with zero attached hydrogens (tertiary/aromatic N) is 2. The predicted molar refractivity (Wildman–Crippen MR) is 57.8 cm³/mol. The van der Waals surface area contributed by atoms with Crippen LogP contribution in [-0.2, 0) is 11.3 Å². The SMILES string of the molecule is COC(=O)N(Cc1csc(C)n1)C1CC1. The van der Waals surface area contributed by atoms with Crippen molar-refractivity contribution in [2.75, 3.05) is 7.11 Å². The molecule has 1 fully saturated rings. The lowest BCUT2D eigenvalue weighted by Crippen LogP contribution is -2.32. The van der Waals surface area contributed by atoms with E-state index in [0.29, 0.717) is 12.6 Å². The smallest absolute Gasteiger partial charge is 0.410 e. The number of carbonyl (C=O) groups excluding carboxylic acids is 1. The Labute approximate surface area is 92.9 Å². The molecule has 1 aromatic rings. The van der Waals surface area contributed by atoms with Crippen molar-refractivity contribution in [3.05, 3.63) is 16.1 Å². The van der Waals surface area contributed by atoms with E-state index in [2.05, 4.69) is 4.98 Å². The lowest BCUT2D eigenvalue weighted by molar-refractivity contribution is 0.117. The average molecular weight is 226 g/mol. The molecule has 1 aromatic heterocycles. The van der Waals surface area contributed by atoms with E-state index in [0.717, 1.165) is 23.5 Å². The lowest BCUT2D eigenvalue weighted by atomic mass is 10.4. The Hall–Kier alpha value is -1.10. The molecule has 5 heteroatoms. The second-order valence-corrected chi connectivity index (χ2v) is 4.75. The molecule has 0 aromatic carbocycles. The first-order chi connectivity index (χ1) is 7.20. The first-order valence-corrected chi connectivity index (χ1v) is 5.84. The van der Waals surface area contributed by atoms with E-state index in [-0.39, 0.29) is 6.09 Å². The number of ether oxygens (including phenoxy) is 1. The summed E-state index contributed by atoms with van der Waals surface area (Å²) in [6.07, 6.45) is 1.92. The Morgan fingerprint density at radius 2 is 2.47 bits per heavy atom. The number of hydrogen-bond donors (Lipinski definition) is 0. The monoisotopic (exact) mass is 226 g/mol. The molecular formula is C10H14N2O2S. The zero-order valence-corrected chi connectivity index (χ0v) is 9.71. The van der Waals surface area contributed by atoms with E-state index in [1.807, 2.05) is 12.3 Å². The molecule has 1 amide bonds. The van der Waals surface area contributed by atoms with E-state index in [1.54, 1.807) is 16.2 Å². The molecule has 0 saturated heterocycles. The van der Waals surface area contributed by atoms with Gasteiger partial charge in [-0.25, -0.2) is 9.78 Å². The summed E-state index contributed by atoms with van der Waals surface area (Å²) in [5, 5.41) is 3.03. The molecule has 1 saturated carbocycles. The fraction of sp³-hybridized carbons (Fsp3) is 0.600. The molecule has 0 radical (unpaired) electrons. The minimum Gasteiger partial charge on any atom is -0.453 e. The Balaban J connectivity index is 2.03. The van der Waals surface area contributed by atoms with Crippen LogP contribution in [0.5, 0.6) is 0 Å². The lowest BCUT2D eigenvalue weighted by Gasteiger charge is -2.19. The van der Waals surface area contributed by atoms with Gasteiger partial charge in [-0.1, -0.05) is 0 Å². The highest BCUT2D eigenvalue weighted by Gasteiger charge is 2.33. The van der Waals surface area contributed by atoms with Crippen molar-refractivity contribution in [3.8, 4) is 0 Å². The van der Waals surface area contributed by atoms with Gasteiger partial charge in [0.15, 0.2) is 0 Å². The number of methoxy groups -OCH3 is 1. The van der Waals surface area contributed by atoms with Gasteiger partial charge in [-0.05, 0) is 19.8 Å². The van der Waals surface area contributed by atoms with Gasteiger partial charge in [-0.15, -0.1) is 11.3 Å². The van der Waals surface area contributed by atoms with Crippen molar-refractivity contribution in [1.29, 1.82) is 0 Å². The number of carbonyl (C=O) groups is 1. The van der Waals surface area contributed by atoms with Crippen molar-refractivity contribution < 1.29 is 9.53 Å². The molecule has 0 spiro atoms. The zero-order chi connectivity index (χ0) is 10.8. The van der Waals surface area contributed by atoms with Gasteiger partial charge in [0, 0.05) is 11.4 Å². The topological polar surface area (TPSA) is 42.4 Å². The van der Waals surface area contributed by atoms with Crippen LogP contribution >= 0.6 is 11.3 Å². The van der Waals surface area contributed by atoms with Crippen LogP contribution in [0.1, 0.15) is 23.5 Å². The van der Waals surface area contributed by atoms with Crippen LogP contribution in [0.15, 0.2) is 5.38 Å². The number of aryl methyl sites for hydroxylation is 1. The van der Waals surface area contributed by atoms with Gasteiger partial charge in [0.05, 0.1) is 24.4 Å². The van der Waals surface area contributed by atoms with Crippen LogP contribution in [0.3, 0.4) is 0 Å². The summed E-state index contributed by atoms with van der Waals surface area (Å²) >= 11 is 1.61. The molecule has 1 aliphatic carbocycles. The quantitative estimate of drug-likeness (QED) is 0.793. The molecule has 2 rings (SSSR count). The molecule has 0 N–H and O–H groups in total. The Morgan fingerprint density at radius 3 is 2.93 bits per heavy atom. The number of hydrogen-bond acceptors (Lipinski definition) is 4. The molecule has 0 atom stereocenters. The van der Waals surface area contributed by atoms with E-state index in [9.17, 15) is 4.79 Å². The van der Waals surface area contributed by atoms with Gasteiger partial charge >= 0.3 is 6.09 Å². The van der Waals surface area contributed by atoms with Gasteiger partial charge in [0.25, 0.3) is 0 Å². The maximum atomic E-state index is 11.5. The van der Waals surface area contributed by atoms with E-state index >= 15 is 0 Å². The molecular weight excluding hydrogens is 212 g/mol. The summed E-state index contributed by atoms with van der Waals surface area (Å²) in [7, 11) is 1.42. The van der Waals surface area contributed by atoms with Crippen LogP contribution in [0.4, 0.5) is 4.79 Å². The number of thiazole rings is 1. The normalized spacial score (nSPS) is 15.1. The summed E-state index contributed by atoms with van der Waals surface area (Å²) in [6, 6.07) is 0.361. The molecule has 1 aliphatic rings. The number of amides is 1. The zero-order valence-electron chi connectivity index (χ0n) is 8.90. The van der Waals surface area contributed by atoms with Crippen LogP contribution in [0.2, 0.25) is 0 Å². The summed E-state index contributed by atoms with van der Waals surface area (Å²) in [5.41, 5.74) is 0.954. The fourth-order valence-corrected chi connectivity index (χ4v) is 2.11. The van der Waals surface area contributed by atoms with Crippen molar-refractivity contribution in [1.82, 2.24) is 9.88 Å². The minimum absolute atomic E-state index is 0.247. The summed E-state index contributed by atoms with van der Waals surface area (Å²) in [4.78, 5) is 17.6. The van der Waals surface area contributed by atoms with Gasteiger partial charge in [-0.2, -0.15) is 0 Å². The standard InChI is InChI=1S/C10H14N2O2S/c1-7-11-8(6-15-7)5-12(9-3-4-9)10(13)14-2/h6,9H,3-5H2,1-2H3. The van der Waals surface area contributed by atoms with E-state index < -0.39 is 0 Å². The van der Waals surface area contributed by atoms with Crippen LogP contribution < -0.4 is 0 Å². The summed E-state index contributed by atoms with van der Waals surface area (Å²) in [6.45, 7) is 2.54. The van der Waals surface area contributed by atoms with Crippen molar-refractivity contribution >= 4 is 17.4 Å². The highest BCUT2D eigenvalue weighted by molar-refractivity contribution is 7.09. The van der Waals surface area contributed by atoms with Crippen molar-refractivity contribution in [3.63, 3.8) is 0 Å². The summed E-state index contributed by atoms with van der Waals surface area (Å²) < 4.78 is 4.76. The molecule has 4 nitrogen and oxygen atoms in total. The Kier molecular flexibility index (Phi) is 2.90. The number of rotatable bonds is 3. The minimum atomic E-state index is -0.247. The van der Waals surface area contributed by atoms with Gasteiger partial charge < -0.3 is 4.74 Å². The Morgan fingerprint density at radius 1 is 1.73 bits per heavy atom. The first-order valence-electron chi connectivity index (χ1n) is 4.96. The van der Waals surface area contributed by atoms with Gasteiger partial charge in [0.1, 0.15) is 0 Å². The second-order valence-electron chi connectivity index (χ2n) is 3.69. The first kappa shape index (κ1) is 10.4. The van der Waals surface area contributed by atoms with Gasteiger partial charge in [0.2, 0.25) is 0 Å². The van der Waals surface area contributed by atoms with Gasteiger partial charge in [-0.3, -0.25) is 4.90 Å². The molecule has 15 heavy (non-hydrogen) atoms. The second kappa shape index (κ2) is 4.18. The third kappa shape index (κ3) is 2.47. The molecule has 0 bridgehead atoms. The van der Waals surface area contributed by atoms with Crippen LogP contribution in [0.25, 0.3) is 0 Å². The van der Waals surface area contributed by atoms with E-state index in [4.69, 9.17) is 4.74 Å². The highest BCUT2D eigenvalue weighted by Crippen LogP contribution is 2.29. The molecule has 82 valence electrons. The molecule has 0 unspecified atom stereocenters. The molecule has 1 heterocycles. The summed E-state index contributed by atoms with van der Waals surface area (Å²) in [5.74, 6) is 0. The third-order valence-corrected chi connectivity index (χ3v) is 3.22. The highest BCUT2D eigenvalue weighted by atomic mass is 32.1. The van der Waals surface area contributed by atoms with Crippen molar-refractivity contribution in [2.24, 2.45) is 0 Å². The largest absolute Gasteiger partial charge is 0.453 e. The maximum Gasteiger partial charge on any atom is 0.410 e. The number of aromatic nitrogens is 1.